The number of carbonyl (C=O) groups is 1. The van der Waals surface area contributed by atoms with Gasteiger partial charge in [0, 0.05) is 16.3 Å². The standard InChI is InChI=1S/C12H8Cl2OS/c13-9-3-1-8(2-4-9)7-10-5-6-11(16-10)12(14)15/h1-6H,7H2. The Labute approximate surface area is 108 Å². The van der Waals surface area contributed by atoms with Crippen molar-refractivity contribution in [3.63, 3.8) is 0 Å². The predicted octanol–water partition coefficient (Wildman–Crippen LogP) is 4.37. The smallest absolute Gasteiger partial charge is 0.262 e. The fraction of sp³-hybridized carbons (Fsp3) is 0.0833. The van der Waals surface area contributed by atoms with E-state index in [0.29, 0.717) is 4.88 Å². The maximum atomic E-state index is 10.9. The first-order valence-corrected chi connectivity index (χ1v) is 6.25. The Bertz CT molecular complexity index is 502. The molecule has 1 aromatic carbocycles. The lowest BCUT2D eigenvalue weighted by molar-refractivity contribution is 0.108. The summed E-state index contributed by atoms with van der Waals surface area (Å²) in [4.78, 5) is 12.6. The lowest BCUT2D eigenvalue weighted by Crippen LogP contribution is -1.83. The van der Waals surface area contributed by atoms with Crippen molar-refractivity contribution in [2.24, 2.45) is 0 Å². The molecule has 0 aliphatic carbocycles. The maximum absolute atomic E-state index is 10.9. The Morgan fingerprint density at radius 1 is 1.12 bits per heavy atom. The van der Waals surface area contributed by atoms with E-state index in [1.54, 1.807) is 6.07 Å². The van der Waals surface area contributed by atoms with Gasteiger partial charge in [0.05, 0.1) is 4.88 Å². The summed E-state index contributed by atoms with van der Waals surface area (Å²) in [5, 5.41) is 0.332. The minimum absolute atomic E-state index is 0.396. The Balaban J connectivity index is 2.14. The molecule has 0 bridgehead atoms. The van der Waals surface area contributed by atoms with Crippen LogP contribution in [-0.2, 0) is 6.42 Å². The molecule has 0 aliphatic heterocycles. The SMILES string of the molecule is O=C(Cl)c1ccc(Cc2ccc(Cl)cc2)s1. The number of halogens is 2. The van der Waals surface area contributed by atoms with E-state index in [1.165, 1.54) is 16.9 Å². The number of hydrogen-bond donors (Lipinski definition) is 0. The molecule has 4 heteroatoms. The van der Waals surface area contributed by atoms with E-state index in [-0.39, 0.29) is 0 Å². The van der Waals surface area contributed by atoms with Crippen molar-refractivity contribution in [2.45, 2.75) is 6.42 Å². The van der Waals surface area contributed by atoms with Crippen LogP contribution in [0.2, 0.25) is 5.02 Å². The molecule has 16 heavy (non-hydrogen) atoms. The number of thiophene rings is 1. The molecule has 2 aromatic rings. The van der Waals surface area contributed by atoms with Crippen molar-refractivity contribution in [1.29, 1.82) is 0 Å². The third-order valence-corrected chi connectivity index (χ3v) is 3.80. The van der Waals surface area contributed by atoms with Gasteiger partial charge in [-0.1, -0.05) is 23.7 Å². The summed E-state index contributed by atoms with van der Waals surface area (Å²) in [6, 6.07) is 11.4. The molecule has 0 unspecified atom stereocenters. The zero-order valence-electron chi connectivity index (χ0n) is 8.24. The molecule has 0 amide bonds. The molecule has 2 rings (SSSR count). The summed E-state index contributed by atoms with van der Waals surface area (Å²) in [6.07, 6.45) is 0.798. The average Bonchev–Trinajstić information content (AvgIpc) is 2.70. The summed E-state index contributed by atoms with van der Waals surface area (Å²) >= 11 is 12.6. The first-order valence-electron chi connectivity index (χ1n) is 4.68. The van der Waals surface area contributed by atoms with Crippen LogP contribution in [0.4, 0.5) is 0 Å². The molecule has 0 saturated heterocycles. The van der Waals surface area contributed by atoms with Crippen LogP contribution in [0, 0.1) is 0 Å². The Morgan fingerprint density at radius 3 is 2.38 bits per heavy atom. The molecule has 0 aliphatic rings. The third-order valence-electron chi connectivity index (χ3n) is 2.15. The van der Waals surface area contributed by atoms with Gasteiger partial charge in [-0.05, 0) is 41.4 Å². The molecule has 0 spiro atoms. The highest BCUT2D eigenvalue weighted by Gasteiger charge is 2.06. The second-order valence-corrected chi connectivity index (χ2v) is 5.29. The highest BCUT2D eigenvalue weighted by molar-refractivity contribution is 7.15. The van der Waals surface area contributed by atoms with Gasteiger partial charge in [0.15, 0.2) is 0 Å². The molecule has 0 atom stereocenters. The van der Waals surface area contributed by atoms with Gasteiger partial charge in [-0.3, -0.25) is 4.79 Å². The zero-order chi connectivity index (χ0) is 11.5. The van der Waals surface area contributed by atoms with Crippen LogP contribution in [0.15, 0.2) is 36.4 Å². The van der Waals surface area contributed by atoms with Crippen molar-refractivity contribution in [1.82, 2.24) is 0 Å². The van der Waals surface area contributed by atoms with Crippen molar-refractivity contribution < 1.29 is 4.79 Å². The van der Waals surface area contributed by atoms with Crippen molar-refractivity contribution >= 4 is 39.8 Å². The summed E-state index contributed by atoms with van der Waals surface area (Å²) in [7, 11) is 0. The zero-order valence-corrected chi connectivity index (χ0v) is 10.6. The summed E-state index contributed by atoms with van der Waals surface area (Å²) < 4.78 is 0. The molecule has 1 nitrogen and oxygen atoms in total. The number of benzene rings is 1. The summed E-state index contributed by atoms with van der Waals surface area (Å²) in [5.41, 5.74) is 1.17. The number of hydrogen-bond acceptors (Lipinski definition) is 2. The van der Waals surface area contributed by atoms with Gasteiger partial charge >= 0.3 is 0 Å². The summed E-state index contributed by atoms with van der Waals surface area (Å²) in [5.74, 6) is 0. The quantitative estimate of drug-likeness (QED) is 0.757. The topological polar surface area (TPSA) is 17.1 Å². The van der Waals surface area contributed by atoms with E-state index >= 15 is 0 Å². The van der Waals surface area contributed by atoms with E-state index in [1.807, 2.05) is 30.3 Å². The van der Waals surface area contributed by atoms with Gasteiger partial charge in [0.25, 0.3) is 5.24 Å². The Hall–Kier alpha value is -0.830. The lowest BCUT2D eigenvalue weighted by atomic mass is 10.1. The van der Waals surface area contributed by atoms with Crippen LogP contribution < -0.4 is 0 Å². The van der Waals surface area contributed by atoms with Crippen molar-refractivity contribution in [3.05, 3.63) is 56.7 Å². The first kappa shape index (κ1) is 11.6. The first-order chi connectivity index (χ1) is 7.65. The highest BCUT2D eigenvalue weighted by Crippen LogP contribution is 2.22. The minimum Gasteiger partial charge on any atom is -0.275 e. The van der Waals surface area contributed by atoms with E-state index in [0.717, 1.165) is 16.3 Å². The van der Waals surface area contributed by atoms with Crippen LogP contribution in [0.3, 0.4) is 0 Å². The molecule has 82 valence electrons. The van der Waals surface area contributed by atoms with Crippen molar-refractivity contribution in [2.75, 3.05) is 0 Å². The molecule has 0 N–H and O–H groups in total. The average molecular weight is 271 g/mol. The van der Waals surface area contributed by atoms with Gasteiger partial charge < -0.3 is 0 Å². The Kier molecular flexibility index (Phi) is 3.64. The van der Waals surface area contributed by atoms with Gasteiger partial charge in [0.2, 0.25) is 0 Å². The molecule has 0 radical (unpaired) electrons. The highest BCUT2D eigenvalue weighted by atomic mass is 35.5. The lowest BCUT2D eigenvalue weighted by Gasteiger charge is -1.98. The van der Waals surface area contributed by atoms with Crippen LogP contribution in [-0.4, -0.2) is 5.24 Å². The predicted molar refractivity (Wildman–Crippen MR) is 68.8 cm³/mol. The number of carbonyl (C=O) groups excluding carboxylic acids is 1. The molecule has 1 aromatic heterocycles. The van der Waals surface area contributed by atoms with Crippen LogP contribution >= 0.6 is 34.5 Å². The molecule has 0 saturated carbocycles. The van der Waals surface area contributed by atoms with Crippen LogP contribution in [0.1, 0.15) is 20.1 Å². The monoisotopic (exact) mass is 270 g/mol. The summed E-state index contributed by atoms with van der Waals surface area (Å²) in [6.45, 7) is 0. The fourth-order valence-electron chi connectivity index (χ4n) is 1.38. The molecular weight excluding hydrogens is 263 g/mol. The van der Waals surface area contributed by atoms with Gasteiger partial charge in [-0.15, -0.1) is 11.3 Å². The molecule has 1 heterocycles. The van der Waals surface area contributed by atoms with E-state index in [9.17, 15) is 4.79 Å². The minimum atomic E-state index is -0.396. The van der Waals surface area contributed by atoms with Crippen molar-refractivity contribution in [3.8, 4) is 0 Å². The third kappa shape index (κ3) is 2.85. The second kappa shape index (κ2) is 5.00. The number of rotatable bonds is 3. The van der Waals surface area contributed by atoms with Gasteiger partial charge in [0.1, 0.15) is 0 Å². The van der Waals surface area contributed by atoms with E-state index < -0.39 is 5.24 Å². The molecular formula is C12H8Cl2OS. The largest absolute Gasteiger partial charge is 0.275 e. The van der Waals surface area contributed by atoms with Gasteiger partial charge in [-0.25, -0.2) is 0 Å². The Morgan fingerprint density at radius 2 is 1.81 bits per heavy atom. The maximum Gasteiger partial charge on any atom is 0.262 e. The second-order valence-electron chi connectivity index (χ2n) is 3.34. The molecule has 0 fully saturated rings. The van der Waals surface area contributed by atoms with Gasteiger partial charge in [-0.2, -0.15) is 0 Å². The van der Waals surface area contributed by atoms with Crippen LogP contribution in [0.5, 0.6) is 0 Å². The van der Waals surface area contributed by atoms with E-state index in [2.05, 4.69) is 0 Å². The normalized spacial score (nSPS) is 10.4. The van der Waals surface area contributed by atoms with Crippen LogP contribution in [0.25, 0.3) is 0 Å². The fourth-order valence-corrected chi connectivity index (χ4v) is 2.56. The van der Waals surface area contributed by atoms with E-state index in [4.69, 9.17) is 23.2 Å².